The van der Waals surface area contributed by atoms with Gasteiger partial charge in [-0.15, -0.1) is 5.10 Å². The van der Waals surface area contributed by atoms with Gasteiger partial charge in [-0.1, -0.05) is 54.6 Å². The first kappa shape index (κ1) is 14.3. The van der Waals surface area contributed by atoms with E-state index in [-0.39, 0.29) is 0 Å². The van der Waals surface area contributed by atoms with Gasteiger partial charge in [-0.3, -0.25) is 0 Å². The van der Waals surface area contributed by atoms with Crippen molar-refractivity contribution in [3.8, 4) is 17.1 Å². The van der Waals surface area contributed by atoms with Crippen LogP contribution in [0.1, 0.15) is 5.82 Å². The lowest BCUT2D eigenvalue weighted by molar-refractivity contribution is -0.689. The van der Waals surface area contributed by atoms with Crippen LogP contribution in [0.15, 0.2) is 91.3 Å². The van der Waals surface area contributed by atoms with E-state index in [0.717, 1.165) is 22.9 Å². The molecule has 116 valence electrons. The van der Waals surface area contributed by atoms with Crippen molar-refractivity contribution in [2.75, 3.05) is 0 Å². The molecule has 0 aliphatic rings. The summed E-state index contributed by atoms with van der Waals surface area (Å²) in [4.78, 5) is 4.78. The van der Waals surface area contributed by atoms with Crippen molar-refractivity contribution in [3.05, 3.63) is 97.1 Å². The summed E-state index contributed by atoms with van der Waals surface area (Å²) < 4.78 is 4.01. The van der Waals surface area contributed by atoms with Crippen molar-refractivity contribution in [2.24, 2.45) is 0 Å². The fraction of sp³-hybridized carbons (Fsp3) is 0.0500. The monoisotopic (exact) mass is 313 g/mol. The average Bonchev–Trinajstić information content (AvgIpc) is 3.08. The third kappa shape index (κ3) is 2.94. The van der Waals surface area contributed by atoms with Crippen molar-refractivity contribution in [1.82, 2.24) is 14.8 Å². The Kier molecular flexibility index (Phi) is 3.86. The summed E-state index contributed by atoms with van der Waals surface area (Å²) in [5.41, 5.74) is 2.03. The molecule has 4 aromatic rings. The summed E-state index contributed by atoms with van der Waals surface area (Å²) in [6.07, 6.45) is 4.07. The molecule has 2 aromatic heterocycles. The van der Waals surface area contributed by atoms with Gasteiger partial charge < -0.3 is 0 Å². The zero-order valence-electron chi connectivity index (χ0n) is 13.2. The Balaban J connectivity index is 1.80. The normalized spacial score (nSPS) is 10.7. The van der Waals surface area contributed by atoms with Gasteiger partial charge >= 0.3 is 0 Å². The first-order valence-electron chi connectivity index (χ1n) is 7.91. The van der Waals surface area contributed by atoms with Crippen LogP contribution in [0, 0.1) is 0 Å². The molecule has 0 unspecified atom stereocenters. The second kappa shape index (κ2) is 6.46. The van der Waals surface area contributed by atoms with Crippen LogP contribution >= 0.6 is 0 Å². The van der Waals surface area contributed by atoms with Crippen LogP contribution < -0.4 is 4.57 Å². The molecule has 0 fully saturated rings. The fourth-order valence-electron chi connectivity index (χ4n) is 2.64. The van der Waals surface area contributed by atoms with Gasteiger partial charge in [-0.2, -0.15) is 4.57 Å². The summed E-state index contributed by atoms with van der Waals surface area (Å²) in [6, 6.07) is 26.2. The van der Waals surface area contributed by atoms with Crippen molar-refractivity contribution in [2.45, 2.75) is 6.54 Å². The molecule has 4 heteroatoms. The van der Waals surface area contributed by atoms with Gasteiger partial charge in [0.05, 0.1) is 5.69 Å². The van der Waals surface area contributed by atoms with Gasteiger partial charge in [-0.05, 0) is 12.1 Å². The number of rotatable bonds is 4. The molecule has 24 heavy (non-hydrogen) atoms. The summed E-state index contributed by atoms with van der Waals surface area (Å²) in [5.74, 6) is 1.64. The number of benzene rings is 2. The molecular formula is C20H17N4+. The Morgan fingerprint density at radius 2 is 1.38 bits per heavy atom. The molecule has 0 spiro atoms. The van der Waals surface area contributed by atoms with Crippen molar-refractivity contribution in [1.29, 1.82) is 0 Å². The minimum absolute atomic E-state index is 0.662. The fourth-order valence-corrected chi connectivity index (χ4v) is 2.64. The summed E-state index contributed by atoms with van der Waals surface area (Å²) >= 11 is 0. The molecule has 0 atom stereocenters. The summed E-state index contributed by atoms with van der Waals surface area (Å²) in [7, 11) is 0. The zero-order chi connectivity index (χ0) is 16.2. The number of pyridine rings is 1. The van der Waals surface area contributed by atoms with Gasteiger partial charge in [0.25, 0.3) is 0 Å². The van der Waals surface area contributed by atoms with E-state index in [1.165, 1.54) is 0 Å². The van der Waals surface area contributed by atoms with E-state index in [1.807, 2.05) is 95.9 Å². The molecule has 0 aliphatic carbocycles. The van der Waals surface area contributed by atoms with Crippen molar-refractivity contribution >= 4 is 0 Å². The van der Waals surface area contributed by atoms with Crippen LogP contribution in [-0.2, 0) is 6.54 Å². The largest absolute Gasteiger partial charge is 0.211 e. The Labute approximate surface area is 140 Å². The molecule has 4 rings (SSSR count). The molecule has 0 N–H and O–H groups in total. The second-order valence-corrected chi connectivity index (χ2v) is 5.51. The Bertz CT molecular complexity index is 916. The van der Waals surface area contributed by atoms with E-state index < -0.39 is 0 Å². The van der Waals surface area contributed by atoms with Crippen molar-refractivity contribution in [3.63, 3.8) is 0 Å². The lowest BCUT2D eigenvalue weighted by atomic mass is 10.2. The van der Waals surface area contributed by atoms with E-state index >= 15 is 0 Å². The van der Waals surface area contributed by atoms with Crippen LogP contribution in [0.2, 0.25) is 0 Å². The molecule has 4 nitrogen and oxygen atoms in total. The minimum Gasteiger partial charge on any atom is -0.211 e. The summed E-state index contributed by atoms with van der Waals surface area (Å²) in [6.45, 7) is 0.662. The third-order valence-corrected chi connectivity index (χ3v) is 3.81. The zero-order valence-corrected chi connectivity index (χ0v) is 13.2. The molecule has 0 amide bonds. The van der Waals surface area contributed by atoms with Gasteiger partial charge in [-0.25, -0.2) is 9.67 Å². The van der Waals surface area contributed by atoms with E-state index in [4.69, 9.17) is 10.1 Å². The van der Waals surface area contributed by atoms with Crippen LogP contribution in [0.5, 0.6) is 0 Å². The Morgan fingerprint density at radius 1 is 0.750 bits per heavy atom. The highest BCUT2D eigenvalue weighted by Gasteiger charge is 2.16. The predicted molar refractivity (Wildman–Crippen MR) is 92.5 cm³/mol. The molecule has 0 radical (unpaired) electrons. The van der Waals surface area contributed by atoms with Gasteiger partial charge in [0.15, 0.2) is 24.0 Å². The van der Waals surface area contributed by atoms with Crippen LogP contribution in [0.3, 0.4) is 0 Å². The van der Waals surface area contributed by atoms with Crippen LogP contribution in [0.25, 0.3) is 17.1 Å². The van der Waals surface area contributed by atoms with E-state index in [0.29, 0.717) is 6.54 Å². The number of aromatic nitrogens is 4. The van der Waals surface area contributed by atoms with E-state index in [2.05, 4.69) is 4.57 Å². The molecule has 0 saturated heterocycles. The smallest absolute Gasteiger partial charge is 0.207 e. The third-order valence-electron chi connectivity index (χ3n) is 3.81. The first-order chi connectivity index (χ1) is 11.9. The number of nitrogens with zero attached hydrogens (tertiary/aromatic N) is 4. The van der Waals surface area contributed by atoms with Crippen LogP contribution in [0.4, 0.5) is 0 Å². The lowest BCUT2D eigenvalue weighted by Gasteiger charge is -2.03. The van der Waals surface area contributed by atoms with Gasteiger partial charge in [0.2, 0.25) is 6.54 Å². The first-order valence-corrected chi connectivity index (χ1v) is 7.91. The van der Waals surface area contributed by atoms with Crippen LogP contribution in [-0.4, -0.2) is 14.8 Å². The SMILES string of the molecule is c1ccc(-c2nc(C[n+]3ccccc3)n(-c3ccccc3)n2)cc1. The highest BCUT2D eigenvalue weighted by molar-refractivity contribution is 5.54. The molecule has 0 bridgehead atoms. The maximum absolute atomic E-state index is 4.78. The maximum Gasteiger partial charge on any atom is 0.207 e. The Hall–Kier alpha value is -3.27. The molecule has 0 aliphatic heterocycles. The quantitative estimate of drug-likeness (QED) is 0.542. The maximum atomic E-state index is 4.78. The molecule has 0 saturated carbocycles. The number of para-hydroxylation sites is 1. The number of hydrogen-bond donors (Lipinski definition) is 0. The second-order valence-electron chi connectivity index (χ2n) is 5.51. The molecule has 2 aromatic carbocycles. The van der Waals surface area contributed by atoms with E-state index in [9.17, 15) is 0 Å². The van der Waals surface area contributed by atoms with E-state index in [1.54, 1.807) is 0 Å². The minimum atomic E-state index is 0.662. The van der Waals surface area contributed by atoms with Gasteiger partial charge in [0, 0.05) is 17.7 Å². The highest BCUT2D eigenvalue weighted by Crippen LogP contribution is 2.18. The van der Waals surface area contributed by atoms with Crippen molar-refractivity contribution < 1.29 is 4.57 Å². The highest BCUT2D eigenvalue weighted by atomic mass is 15.4. The predicted octanol–water partition coefficient (Wildman–Crippen LogP) is 3.27. The molecular weight excluding hydrogens is 296 g/mol. The summed E-state index contributed by atoms with van der Waals surface area (Å²) in [5, 5.41) is 4.74. The Morgan fingerprint density at radius 3 is 2.08 bits per heavy atom. The van der Waals surface area contributed by atoms with Gasteiger partial charge in [0.1, 0.15) is 0 Å². The standard InChI is InChI=1S/C20H17N4/c1-4-10-17(11-5-1)20-21-19(16-23-14-8-3-9-15-23)24(22-20)18-12-6-2-7-13-18/h1-15H,16H2/q+1. The lowest BCUT2D eigenvalue weighted by Crippen LogP contribution is -2.34. The average molecular weight is 313 g/mol. The topological polar surface area (TPSA) is 34.6 Å². The number of hydrogen-bond acceptors (Lipinski definition) is 2. The molecule has 2 heterocycles.